The van der Waals surface area contributed by atoms with E-state index in [9.17, 15) is 14.0 Å². The number of nitrogens with one attached hydrogen (secondary N) is 1. The van der Waals surface area contributed by atoms with E-state index in [0.29, 0.717) is 6.42 Å². The number of hydrogen-bond acceptors (Lipinski definition) is 2. The van der Waals surface area contributed by atoms with Crippen molar-refractivity contribution in [2.45, 2.75) is 44.6 Å². The fourth-order valence-corrected chi connectivity index (χ4v) is 2.12. The standard InChI is InChI=1S/C17H22FNO3/c1-2-3-4-5-6-7-11-15(17(21)22)19-16(20)13-9-8-10-14(18)12-13/h2,8-10,12,15H,1,3-7,11H2,(H,19,20)(H,21,22)/t15-/m0/s1. The monoisotopic (exact) mass is 307 g/mol. The summed E-state index contributed by atoms with van der Waals surface area (Å²) in [6.07, 6.45) is 6.86. The first-order valence-electron chi connectivity index (χ1n) is 7.44. The molecule has 0 aliphatic rings. The number of hydrogen-bond donors (Lipinski definition) is 2. The van der Waals surface area contributed by atoms with Crippen LogP contribution in [0.5, 0.6) is 0 Å². The molecule has 4 nitrogen and oxygen atoms in total. The summed E-state index contributed by atoms with van der Waals surface area (Å²) in [5, 5.41) is 11.6. The molecule has 1 aromatic rings. The van der Waals surface area contributed by atoms with E-state index in [1.54, 1.807) is 0 Å². The van der Waals surface area contributed by atoms with Gasteiger partial charge in [0.15, 0.2) is 0 Å². The van der Waals surface area contributed by atoms with Crippen LogP contribution in [0.1, 0.15) is 48.9 Å². The molecule has 1 amide bonds. The molecule has 1 atom stereocenters. The van der Waals surface area contributed by atoms with E-state index in [2.05, 4.69) is 11.9 Å². The lowest BCUT2D eigenvalue weighted by Gasteiger charge is -2.14. The minimum Gasteiger partial charge on any atom is -0.480 e. The first-order valence-corrected chi connectivity index (χ1v) is 7.44. The van der Waals surface area contributed by atoms with Crippen LogP contribution in [0.3, 0.4) is 0 Å². The van der Waals surface area contributed by atoms with Gasteiger partial charge in [-0.05, 0) is 37.5 Å². The number of allylic oxidation sites excluding steroid dienone is 1. The van der Waals surface area contributed by atoms with E-state index < -0.39 is 23.7 Å². The highest BCUT2D eigenvalue weighted by atomic mass is 19.1. The molecule has 0 heterocycles. The Morgan fingerprint density at radius 1 is 1.27 bits per heavy atom. The maximum Gasteiger partial charge on any atom is 0.326 e. The predicted molar refractivity (Wildman–Crippen MR) is 83.2 cm³/mol. The van der Waals surface area contributed by atoms with Crippen molar-refractivity contribution in [1.29, 1.82) is 0 Å². The van der Waals surface area contributed by atoms with E-state index in [-0.39, 0.29) is 5.56 Å². The van der Waals surface area contributed by atoms with Crippen molar-refractivity contribution >= 4 is 11.9 Å². The molecule has 0 radical (unpaired) electrons. The second-order valence-electron chi connectivity index (χ2n) is 5.15. The van der Waals surface area contributed by atoms with Crippen molar-refractivity contribution in [3.05, 3.63) is 48.3 Å². The van der Waals surface area contributed by atoms with Gasteiger partial charge < -0.3 is 10.4 Å². The van der Waals surface area contributed by atoms with E-state index in [1.165, 1.54) is 18.2 Å². The number of carbonyl (C=O) groups excluding carboxylic acids is 1. The van der Waals surface area contributed by atoms with Gasteiger partial charge in [0.25, 0.3) is 5.91 Å². The van der Waals surface area contributed by atoms with Gasteiger partial charge >= 0.3 is 5.97 Å². The molecule has 0 unspecified atom stereocenters. The van der Waals surface area contributed by atoms with Gasteiger partial charge in [-0.25, -0.2) is 9.18 Å². The highest BCUT2D eigenvalue weighted by Crippen LogP contribution is 2.09. The summed E-state index contributed by atoms with van der Waals surface area (Å²) >= 11 is 0. The average Bonchev–Trinajstić information content (AvgIpc) is 2.49. The quantitative estimate of drug-likeness (QED) is 0.513. The predicted octanol–water partition coefficient (Wildman–Crippen LogP) is 3.54. The van der Waals surface area contributed by atoms with Gasteiger partial charge in [-0.2, -0.15) is 0 Å². The maximum atomic E-state index is 13.1. The number of aliphatic carboxylic acids is 1. The summed E-state index contributed by atoms with van der Waals surface area (Å²) in [5.74, 6) is -2.17. The molecule has 1 aromatic carbocycles. The highest BCUT2D eigenvalue weighted by molar-refractivity contribution is 5.96. The Morgan fingerprint density at radius 3 is 2.64 bits per heavy atom. The lowest BCUT2D eigenvalue weighted by atomic mass is 10.1. The second kappa shape index (κ2) is 9.71. The van der Waals surface area contributed by atoms with Crippen LogP contribution in [-0.2, 0) is 4.79 Å². The van der Waals surface area contributed by atoms with Crippen LogP contribution in [0.4, 0.5) is 4.39 Å². The van der Waals surface area contributed by atoms with E-state index in [4.69, 9.17) is 5.11 Å². The Bertz CT molecular complexity index is 516. The molecule has 5 heteroatoms. The number of carbonyl (C=O) groups is 2. The van der Waals surface area contributed by atoms with Crippen molar-refractivity contribution in [3.8, 4) is 0 Å². The van der Waals surface area contributed by atoms with Crippen molar-refractivity contribution in [1.82, 2.24) is 5.32 Å². The molecule has 22 heavy (non-hydrogen) atoms. The molecule has 0 saturated carbocycles. The Labute approximate surface area is 130 Å². The van der Waals surface area contributed by atoms with Crippen LogP contribution in [0.25, 0.3) is 0 Å². The normalized spacial score (nSPS) is 11.7. The molecule has 1 rings (SSSR count). The Kier molecular flexibility index (Phi) is 7.89. The summed E-state index contributed by atoms with van der Waals surface area (Å²) in [7, 11) is 0. The Morgan fingerprint density at radius 2 is 2.00 bits per heavy atom. The molecule has 0 fully saturated rings. The van der Waals surface area contributed by atoms with Gasteiger partial charge in [0.05, 0.1) is 0 Å². The molecular formula is C17H22FNO3. The summed E-state index contributed by atoms with van der Waals surface area (Å²) in [6.45, 7) is 3.65. The third-order valence-corrected chi connectivity index (χ3v) is 3.34. The number of rotatable bonds is 10. The Hall–Kier alpha value is -2.17. The van der Waals surface area contributed by atoms with Crippen LogP contribution in [0, 0.1) is 5.82 Å². The van der Waals surface area contributed by atoms with Crippen LogP contribution >= 0.6 is 0 Å². The van der Waals surface area contributed by atoms with Gasteiger partial charge in [-0.15, -0.1) is 6.58 Å². The number of halogens is 1. The number of benzene rings is 1. The lowest BCUT2D eigenvalue weighted by Crippen LogP contribution is -2.40. The third-order valence-electron chi connectivity index (χ3n) is 3.34. The molecule has 0 aliphatic carbocycles. The summed E-state index contributed by atoms with van der Waals surface area (Å²) < 4.78 is 13.1. The van der Waals surface area contributed by atoms with Crippen molar-refractivity contribution in [2.75, 3.05) is 0 Å². The number of carboxylic acid groups (broad SMARTS) is 1. The molecule has 0 saturated heterocycles. The fraction of sp³-hybridized carbons (Fsp3) is 0.412. The van der Waals surface area contributed by atoms with Gasteiger partial charge in [-0.1, -0.05) is 31.4 Å². The Balaban J connectivity index is 2.45. The fourth-order valence-electron chi connectivity index (χ4n) is 2.12. The van der Waals surface area contributed by atoms with Crippen LogP contribution in [0.2, 0.25) is 0 Å². The SMILES string of the molecule is C=CCCCCCC[C@H](NC(=O)c1cccc(F)c1)C(=O)O. The number of amides is 1. The minimum atomic E-state index is -1.07. The summed E-state index contributed by atoms with van der Waals surface area (Å²) in [4.78, 5) is 23.1. The van der Waals surface area contributed by atoms with Gasteiger partial charge in [0.1, 0.15) is 11.9 Å². The number of unbranched alkanes of at least 4 members (excludes halogenated alkanes) is 4. The lowest BCUT2D eigenvalue weighted by molar-refractivity contribution is -0.139. The van der Waals surface area contributed by atoms with Gasteiger partial charge in [-0.3, -0.25) is 4.79 Å². The maximum absolute atomic E-state index is 13.1. The van der Waals surface area contributed by atoms with E-state index in [0.717, 1.165) is 38.2 Å². The zero-order valence-corrected chi connectivity index (χ0v) is 12.6. The van der Waals surface area contributed by atoms with E-state index in [1.807, 2.05) is 6.08 Å². The zero-order chi connectivity index (χ0) is 16.4. The second-order valence-corrected chi connectivity index (χ2v) is 5.15. The molecule has 0 spiro atoms. The summed E-state index contributed by atoms with van der Waals surface area (Å²) in [5.41, 5.74) is 0.122. The van der Waals surface area contributed by atoms with Crippen molar-refractivity contribution < 1.29 is 19.1 Å². The zero-order valence-electron chi connectivity index (χ0n) is 12.6. The van der Waals surface area contributed by atoms with Crippen molar-refractivity contribution in [3.63, 3.8) is 0 Å². The van der Waals surface area contributed by atoms with Crippen LogP contribution < -0.4 is 5.32 Å². The number of carboxylic acids is 1. The molecule has 2 N–H and O–H groups in total. The smallest absolute Gasteiger partial charge is 0.326 e. The average molecular weight is 307 g/mol. The van der Waals surface area contributed by atoms with Gasteiger partial charge in [0, 0.05) is 5.56 Å². The minimum absolute atomic E-state index is 0.122. The van der Waals surface area contributed by atoms with Crippen LogP contribution in [0.15, 0.2) is 36.9 Å². The van der Waals surface area contributed by atoms with Crippen LogP contribution in [-0.4, -0.2) is 23.0 Å². The molecular weight excluding hydrogens is 285 g/mol. The summed E-state index contributed by atoms with van der Waals surface area (Å²) in [6, 6.07) is 4.24. The molecule has 0 aliphatic heterocycles. The largest absolute Gasteiger partial charge is 0.480 e. The van der Waals surface area contributed by atoms with E-state index >= 15 is 0 Å². The molecule has 0 aromatic heterocycles. The first-order chi connectivity index (χ1) is 10.5. The molecule has 0 bridgehead atoms. The molecule has 120 valence electrons. The highest BCUT2D eigenvalue weighted by Gasteiger charge is 2.20. The van der Waals surface area contributed by atoms with Gasteiger partial charge in [0.2, 0.25) is 0 Å². The first kappa shape index (κ1) is 17.9. The van der Waals surface area contributed by atoms with Crippen molar-refractivity contribution in [2.24, 2.45) is 0 Å². The third kappa shape index (κ3) is 6.52. The topological polar surface area (TPSA) is 66.4 Å².